The van der Waals surface area contributed by atoms with E-state index in [2.05, 4.69) is 5.32 Å². The summed E-state index contributed by atoms with van der Waals surface area (Å²) >= 11 is 0.338. The molecule has 0 saturated heterocycles. The number of sulfone groups is 1. The van der Waals surface area contributed by atoms with E-state index in [4.69, 9.17) is 9.25 Å². The second-order valence-electron chi connectivity index (χ2n) is 4.11. The average molecular weight is 327 g/mol. The Labute approximate surface area is 121 Å². The Morgan fingerprint density at radius 1 is 1.68 bits per heavy atom. The van der Waals surface area contributed by atoms with Crippen molar-refractivity contribution in [3.8, 4) is 0 Å². The van der Waals surface area contributed by atoms with Gasteiger partial charge in [-0.25, -0.2) is 22.0 Å². The molecule has 0 bridgehead atoms. The van der Waals surface area contributed by atoms with E-state index in [1.165, 1.54) is 0 Å². The molecule has 3 N–H and O–H groups in total. The van der Waals surface area contributed by atoms with E-state index < -0.39 is 52.0 Å². The van der Waals surface area contributed by atoms with Crippen LogP contribution in [-0.2, 0) is 19.9 Å². The zero-order valence-electron chi connectivity index (χ0n) is 13.3. The van der Waals surface area contributed by atoms with Crippen molar-refractivity contribution in [3.63, 3.8) is 0 Å². The first-order valence-corrected chi connectivity index (χ1v) is 9.29. The summed E-state index contributed by atoms with van der Waals surface area (Å²) in [5.74, 6) is 0. The molecule has 9 heteroatoms. The Bertz CT molecular complexity index is 832. The molecule has 2 atom stereocenters. The second kappa shape index (κ2) is 4.81. The van der Waals surface area contributed by atoms with Crippen LogP contribution in [0.25, 0.3) is 0 Å². The van der Waals surface area contributed by atoms with E-state index in [0.29, 0.717) is 17.9 Å². The lowest BCUT2D eigenvalue weighted by Gasteiger charge is -2.27. The van der Waals surface area contributed by atoms with Crippen LogP contribution < -0.4 is 10.5 Å². The van der Waals surface area contributed by atoms with Gasteiger partial charge in [-0.3, -0.25) is 0 Å². The van der Waals surface area contributed by atoms with Gasteiger partial charge in [0.15, 0.2) is 9.84 Å². The molecular formula is C10H16N2O4S3. The monoisotopic (exact) mass is 327 g/mol. The summed E-state index contributed by atoms with van der Waals surface area (Å²) in [7, 11) is -8.47. The molecule has 1 aliphatic heterocycles. The predicted octanol–water partition coefficient (Wildman–Crippen LogP) is 0.612. The van der Waals surface area contributed by atoms with E-state index in [1.54, 1.807) is 6.92 Å². The quantitative estimate of drug-likeness (QED) is 0.846. The molecule has 0 fully saturated rings. The molecular weight excluding hydrogens is 308 g/mol. The zero-order chi connectivity index (χ0) is 17.1. The van der Waals surface area contributed by atoms with Crippen molar-refractivity contribution in [1.29, 1.82) is 0 Å². The number of thiophene rings is 1. The van der Waals surface area contributed by atoms with Crippen molar-refractivity contribution in [1.82, 2.24) is 5.32 Å². The molecule has 2 heterocycles. The number of fused-ring (bicyclic) bond motifs is 1. The third-order valence-corrected chi connectivity index (χ3v) is 7.60. The van der Waals surface area contributed by atoms with Crippen molar-refractivity contribution in [2.45, 2.75) is 39.9 Å². The molecule has 0 aromatic carbocycles. The predicted molar refractivity (Wildman–Crippen MR) is 73.4 cm³/mol. The molecule has 0 aliphatic carbocycles. The van der Waals surface area contributed by atoms with Crippen LogP contribution in [-0.4, -0.2) is 28.6 Å². The van der Waals surface area contributed by atoms with Gasteiger partial charge in [-0.2, -0.15) is 0 Å². The Morgan fingerprint density at radius 3 is 2.84 bits per heavy atom. The summed E-state index contributed by atoms with van der Waals surface area (Å²) in [6, 6.07) is -2.32. The van der Waals surface area contributed by atoms with Crippen molar-refractivity contribution in [2.75, 3.05) is 6.54 Å². The molecule has 1 aliphatic rings. The number of nitrogens with two attached hydrogens (primary N) is 1. The molecule has 0 amide bonds. The number of primary sulfonamides is 1. The number of hydrogen-bond donors (Lipinski definition) is 2. The summed E-state index contributed by atoms with van der Waals surface area (Å²) in [5.41, 5.74) is -0.242. The summed E-state index contributed by atoms with van der Waals surface area (Å²) in [5, 5.41) is 5.77. The molecule has 0 spiro atoms. The Balaban J connectivity index is 2.92. The van der Waals surface area contributed by atoms with Gasteiger partial charge in [0, 0.05) is 13.0 Å². The van der Waals surface area contributed by atoms with Gasteiger partial charge < -0.3 is 5.32 Å². The first-order chi connectivity index (χ1) is 9.78. The van der Waals surface area contributed by atoms with Gasteiger partial charge in [0.25, 0.3) is 0 Å². The maximum absolute atomic E-state index is 12.5. The van der Waals surface area contributed by atoms with Gasteiger partial charge in [0.2, 0.25) is 10.0 Å². The van der Waals surface area contributed by atoms with Crippen LogP contribution in [0.15, 0.2) is 14.5 Å². The number of hydrogen-bond acceptors (Lipinski definition) is 6. The first-order valence-electron chi connectivity index (χ1n) is 6.94. The van der Waals surface area contributed by atoms with Crippen molar-refractivity contribution < 1.29 is 20.9 Å². The number of sulfonamides is 1. The molecule has 1 aromatic rings. The lowest BCUT2D eigenvalue weighted by molar-refractivity contribution is 0.477. The highest BCUT2D eigenvalue weighted by molar-refractivity contribution is 7.95. The molecule has 0 saturated carbocycles. The molecule has 108 valence electrons. The summed E-state index contributed by atoms with van der Waals surface area (Å²) < 4.78 is 71.5. The summed E-state index contributed by atoms with van der Waals surface area (Å²) in [4.78, 5) is 0. The van der Waals surface area contributed by atoms with Gasteiger partial charge in [-0.05, 0) is 25.9 Å². The minimum Gasteiger partial charge on any atom is -0.310 e. The molecule has 0 unspecified atom stereocenters. The lowest BCUT2D eigenvalue weighted by atomic mass is 10.1. The van der Waals surface area contributed by atoms with Crippen molar-refractivity contribution >= 4 is 31.2 Å². The first kappa shape index (κ1) is 11.2. The fourth-order valence-electron chi connectivity index (χ4n) is 1.79. The average Bonchev–Trinajstić information content (AvgIpc) is 2.65. The maximum atomic E-state index is 12.5. The van der Waals surface area contributed by atoms with Crippen molar-refractivity contribution in [3.05, 3.63) is 11.6 Å². The minimum atomic E-state index is -4.29. The van der Waals surface area contributed by atoms with Gasteiger partial charge in [0.1, 0.15) is 8.42 Å². The Kier molecular flexibility index (Phi) is 2.84. The van der Waals surface area contributed by atoms with Crippen LogP contribution in [0.1, 0.15) is 36.0 Å². The third kappa shape index (κ3) is 2.57. The number of nitrogens with one attached hydrogen (secondary N) is 1. The van der Waals surface area contributed by atoms with Crippen LogP contribution in [0, 0.1) is 0 Å². The van der Waals surface area contributed by atoms with Gasteiger partial charge in [-0.1, -0.05) is 6.92 Å². The van der Waals surface area contributed by atoms with E-state index in [1.807, 2.05) is 0 Å². The number of rotatable bonds is 3. The highest BCUT2D eigenvalue weighted by Crippen LogP contribution is 2.42. The molecule has 0 radical (unpaired) electrons. The van der Waals surface area contributed by atoms with Crippen LogP contribution in [0.5, 0.6) is 0 Å². The van der Waals surface area contributed by atoms with Crippen molar-refractivity contribution in [2.24, 2.45) is 5.14 Å². The maximum Gasteiger partial charge on any atom is 0.247 e. The Morgan fingerprint density at radius 2 is 2.32 bits per heavy atom. The Hall–Kier alpha value is -0.480. The standard InChI is InChI=1S/C10H16N2O4S3/c1-3-12-8-4-6(2)18(13,14)10-7(8)5-9(17-10)19(11,15)16/h5-6,8,12H,3-4H2,1-2H3,(H2,11,15,16)/t6-,8-/m0/s1/i5D,6D,8D. The minimum absolute atomic E-state index is 0.242. The highest BCUT2D eigenvalue weighted by atomic mass is 32.3. The van der Waals surface area contributed by atoms with Gasteiger partial charge >= 0.3 is 0 Å². The fourth-order valence-corrected chi connectivity index (χ4v) is 5.71. The summed E-state index contributed by atoms with van der Waals surface area (Å²) in [6.45, 7) is 3.14. The van der Waals surface area contributed by atoms with E-state index in [-0.39, 0.29) is 5.56 Å². The fraction of sp³-hybridized carbons (Fsp3) is 0.600. The second-order valence-corrected chi connectivity index (χ2v) is 9.26. The molecule has 2 rings (SSSR count). The van der Waals surface area contributed by atoms with Crippen LogP contribution >= 0.6 is 11.3 Å². The lowest BCUT2D eigenvalue weighted by Crippen LogP contribution is -2.33. The zero-order valence-corrected chi connectivity index (χ0v) is 12.8. The molecule has 1 aromatic heterocycles. The summed E-state index contributed by atoms with van der Waals surface area (Å²) in [6.07, 6.45) is -0.421. The highest BCUT2D eigenvalue weighted by Gasteiger charge is 2.39. The van der Waals surface area contributed by atoms with E-state index in [9.17, 15) is 16.8 Å². The van der Waals surface area contributed by atoms with Crippen LogP contribution in [0.4, 0.5) is 0 Å². The van der Waals surface area contributed by atoms with Crippen LogP contribution in [0.2, 0.25) is 0 Å². The SMILES string of the molecule is [2H]c1c(S(N)(=O)=O)sc2c1[C@@]([2H])(NCC)C[C@]([2H])(C)S2(=O)=O. The molecule has 19 heavy (non-hydrogen) atoms. The van der Waals surface area contributed by atoms with E-state index in [0.717, 1.165) is 6.92 Å². The normalized spacial score (nSPS) is 36.1. The van der Waals surface area contributed by atoms with Crippen LogP contribution in [0.3, 0.4) is 0 Å². The smallest absolute Gasteiger partial charge is 0.247 e. The van der Waals surface area contributed by atoms with E-state index >= 15 is 0 Å². The van der Waals surface area contributed by atoms with Gasteiger partial charge in [0.05, 0.1) is 7.97 Å². The van der Waals surface area contributed by atoms with Gasteiger partial charge in [-0.15, -0.1) is 11.3 Å². The third-order valence-electron chi connectivity index (χ3n) is 2.70. The molecule has 6 nitrogen and oxygen atoms in total. The largest absolute Gasteiger partial charge is 0.310 e. The topological polar surface area (TPSA) is 106 Å².